The number of likely N-dealkylation sites (N-methyl/N-ethyl adjacent to an activating group) is 1. The van der Waals surface area contributed by atoms with E-state index >= 15 is 0 Å². The predicted molar refractivity (Wildman–Crippen MR) is 91.1 cm³/mol. The zero-order valence-corrected chi connectivity index (χ0v) is 14.5. The number of aromatic nitrogens is 2. The monoisotopic (exact) mass is 337 g/mol. The third-order valence-corrected chi connectivity index (χ3v) is 5.91. The molecule has 0 aromatic carbocycles. The molecular formula is C15H23N5O2S. The molecule has 0 saturated carbocycles. The van der Waals surface area contributed by atoms with Gasteiger partial charge in [-0.3, -0.25) is 9.00 Å². The Morgan fingerprint density at radius 2 is 1.91 bits per heavy atom. The molecular weight excluding hydrogens is 314 g/mol. The van der Waals surface area contributed by atoms with E-state index in [2.05, 4.69) is 21.8 Å². The second-order valence-electron chi connectivity index (χ2n) is 6.33. The second-order valence-corrected chi connectivity index (χ2v) is 7.95. The molecule has 1 aromatic rings. The maximum absolute atomic E-state index is 11.9. The number of amides is 1. The van der Waals surface area contributed by atoms with E-state index in [1.165, 1.54) is 0 Å². The standard InChI is InChI=1S/C15H23N5O2S/c1-12-8-20(5-6-23(22)10-12)14-7-13(16-11-17-14)19-4-3-18(2)15(21)9-19/h7,11-12H,3-6,8-10H2,1-2H3/t12-,23+/m0/s1. The molecule has 0 unspecified atom stereocenters. The number of hydrogen-bond acceptors (Lipinski definition) is 6. The maximum atomic E-state index is 11.9. The Morgan fingerprint density at radius 3 is 2.65 bits per heavy atom. The van der Waals surface area contributed by atoms with E-state index in [4.69, 9.17) is 0 Å². The molecule has 2 saturated heterocycles. The molecule has 126 valence electrons. The summed E-state index contributed by atoms with van der Waals surface area (Å²) in [5, 5.41) is 0. The molecule has 0 N–H and O–H groups in total. The average molecular weight is 337 g/mol. The number of carbonyl (C=O) groups is 1. The summed E-state index contributed by atoms with van der Waals surface area (Å²) < 4.78 is 11.9. The molecule has 23 heavy (non-hydrogen) atoms. The van der Waals surface area contributed by atoms with Crippen molar-refractivity contribution in [1.29, 1.82) is 0 Å². The summed E-state index contributed by atoms with van der Waals surface area (Å²) >= 11 is 0. The summed E-state index contributed by atoms with van der Waals surface area (Å²) in [6, 6.07) is 1.94. The van der Waals surface area contributed by atoms with Gasteiger partial charge in [-0.1, -0.05) is 6.92 Å². The van der Waals surface area contributed by atoms with Crippen LogP contribution in [0.3, 0.4) is 0 Å². The van der Waals surface area contributed by atoms with Crippen molar-refractivity contribution in [2.24, 2.45) is 5.92 Å². The maximum Gasteiger partial charge on any atom is 0.241 e. The Hall–Kier alpha value is -1.70. The van der Waals surface area contributed by atoms with E-state index < -0.39 is 10.8 Å². The largest absolute Gasteiger partial charge is 0.355 e. The van der Waals surface area contributed by atoms with Gasteiger partial charge in [0.1, 0.15) is 18.0 Å². The van der Waals surface area contributed by atoms with Gasteiger partial charge >= 0.3 is 0 Å². The molecule has 0 spiro atoms. The van der Waals surface area contributed by atoms with Crippen LogP contribution in [0.25, 0.3) is 0 Å². The number of piperazine rings is 1. The number of anilines is 2. The highest BCUT2D eigenvalue weighted by Crippen LogP contribution is 2.21. The zero-order valence-electron chi connectivity index (χ0n) is 13.6. The lowest BCUT2D eigenvalue weighted by molar-refractivity contribution is -0.129. The topological polar surface area (TPSA) is 69.6 Å². The van der Waals surface area contributed by atoms with Gasteiger partial charge in [-0.05, 0) is 5.92 Å². The van der Waals surface area contributed by atoms with Crippen molar-refractivity contribution in [2.75, 3.05) is 61.1 Å². The minimum atomic E-state index is -0.746. The Balaban J connectivity index is 1.77. The van der Waals surface area contributed by atoms with Crippen LogP contribution in [0.5, 0.6) is 0 Å². The lowest BCUT2D eigenvalue weighted by Crippen LogP contribution is -2.48. The van der Waals surface area contributed by atoms with Crippen LogP contribution in [0.4, 0.5) is 11.6 Å². The van der Waals surface area contributed by atoms with E-state index in [1.807, 2.05) is 18.0 Å². The van der Waals surface area contributed by atoms with Crippen molar-refractivity contribution in [3.05, 3.63) is 12.4 Å². The van der Waals surface area contributed by atoms with E-state index in [0.29, 0.717) is 24.8 Å². The summed E-state index contributed by atoms with van der Waals surface area (Å²) in [5.74, 6) is 3.55. The van der Waals surface area contributed by atoms with Crippen LogP contribution >= 0.6 is 0 Å². The lowest BCUT2D eigenvalue weighted by atomic mass is 10.2. The number of rotatable bonds is 2. The van der Waals surface area contributed by atoms with Crippen LogP contribution in [-0.2, 0) is 15.6 Å². The fourth-order valence-electron chi connectivity index (χ4n) is 2.98. The van der Waals surface area contributed by atoms with Crippen molar-refractivity contribution in [3.8, 4) is 0 Å². The summed E-state index contributed by atoms with van der Waals surface area (Å²) in [7, 11) is 1.08. The normalized spacial score (nSPS) is 26.3. The van der Waals surface area contributed by atoms with Crippen LogP contribution in [0.2, 0.25) is 0 Å². The molecule has 2 aliphatic heterocycles. The van der Waals surface area contributed by atoms with Gasteiger partial charge in [-0.15, -0.1) is 0 Å². The van der Waals surface area contributed by atoms with Gasteiger partial charge in [0.05, 0.1) is 6.54 Å². The van der Waals surface area contributed by atoms with Crippen molar-refractivity contribution in [1.82, 2.24) is 14.9 Å². The minimum Gasteiger partial charge on any atom is -0.355 e. The summed E-state index contributed by atoms with van der Waals surface area (Å²) in [6.07, 6.45) is 1.56. The highest BCUT2D eigenvalue weighted by atomic mass is 32.2. The first-order valence-corrected chi connectivity index (χ1v) is 9.42. The SMILES string of the molecule is C[C@H]1CN(c2cc(N3CCN(C)C(=O)C3)ncn2)CC[S@@](=O)C1. The smallest absolute Gasteiger partial charge is 0.241 e. The molecule has 0 aliphatic carbocycles. The van der Waals surface area contributed by atoms with Gasteiger partial charge in [0.25, 0.3) is 0 Å². The second kappa shape index (κ2) is 6.82. The first-order valence-electron chi connectivity index (χ1n) is 7.94. The van der Waals surface area contributed by atoms with Gasteiger partial charge in [-0.2, -0.15) is 0 Å². The number of nitrogens with zero attached hydrogens (tertiary/aromatic N) is 5. The quantitative estimate of drug-likeness (QED) is 0.754. The van der Waals surface area contributed by atoms with E-state index in [1.54, 1.807) is 11.2 Å². The van der Waals surface area contributed by atoms with Crippen LogP contribution in [0, 0.1) is 5.92 Å². The van der Waals surface area contributed by atoms with Crippen LogP contribution in [0.1, 0.15) is 6.92 Å². The number of carbonyl (C=O) groups excluding carboxylic acids is 1. The Bertz CT molecular complexity index is 611. The van der Waals surface area contributed by atoms with Crippen molar-refractivity contribution >= 4 is 28.3 Å². The van der Waals surface area contributed by atoms with E-state index in [9.17, 15) is 9.00 Å². The molecule has 0 bridgehead atoms. The van der Waals surface area contributed by atoms with Crippen molar-refractivity contribution in [3.63, 3.8) is 0 Å². The molecule has 3 rings (SSSR count). The lowest BCUT2D eigenvalue weighted by Gasteiger charge is -2.33. The molecule has 2 aliphatic rings. The zero-order chi connectivity index (χ0) is 16.4. The van der Waals surface area contributed by atoms with E-state index in [0.717, 1.165) is 37.0 Å². The minimum absolute atomic E-state index is 0.107. The Kier molecular flexibility index (Phi) is 4.79. The summed E-state index contributed by atoms with van der Waals surface area (Å²) in [4.78, 5) is 26.5. The van der Waals surface area contributed by atoms with Crippen molar-refractivity contribution in [2.45, 2.75) is 6.92 Å². The van der Waals surface area contributed by atoms with Crippen LogP contribution < -0.4 is 9.80 Å². The van der Waals surface area contributed by atoms with Crippen molar-refractivity contribution < 1.29 is 9.00 Å². The third-order valence-electron chi connectivity index (χ3n) is 4.33. The first-order chi connectivity index (χ1) is 11.0. The molecule has 0 radical (unpaired) electrons. The highest BCUT2D eigenvalue weighted by Gasteiger charge is 2.24. The van der Waals surface area contributed by atoms with Gasteiger partial charge in [-0.25, -0.2) is 9.97 Å². The Labute approximate surface area is 139 Å². The van der Waals surface area contributed by atoms with Gasteiger partial charge in [0.2, 0.25) is 5.91 Å². The van der Waals surface area contributed by atoms with Gasteiger partial charge in [0.15, 0.2) is 0 Å². The highest BCUT2D eigenvalue weighted by molar-refractivity contribution is 7.85. The number of hydrogen-bond donors (Lipinski definition) is 0. The van der Waals surface area contributed by atoms with Gasteiger partial charge < -0.3 is 14.7 Å². The summed E-state index contributed by atoms with van der Waals surface area (Å²) in [6.45, 7) is 5.56. The molecule has 2 atom stereocenters. The predicted octanol–water partition coefficient (Wildman–Crippen LogP) is -0.0402. The molecule has 2 fully saturated rings. The molecule has 1 aromatic heterocycles. The molecule has 3 heterocycles. The fourth-order valence-corrected chi connectivity index (χ4v) is 4.31. The molecule has 7 nitrogen and oxygen atoms in total. The van der Waals surface area contributed by atoms with Crippen LogP contribution in [-0.4, -0.2) is 76.3 Å². The summed E-state index contributed by atoms with van der Waals surface area (Å²) in [5.41, 5.74) is 0. The Morgan fingerprint density at radius 1 is 1.17 bits per heavy atom. The van der Waals surface area contributed by atoms with Crippen LogP contribution in [0.15, 0.2) is 12.4 Å². The van der Waals surface area contributed by atoms with E-state index in [-0.39, 0.29) is 5.91 Å². The fraction of sp³-hybridized carbons (Fsp3) is 0.667. The molecule has 1 amide bonds. The first kappa shape index (κ1) is 16.2. The average Bonchev–Trinajstić information content (AvgIpc) is 2.70. The molecule has 8 heteroatoms. The third kappa shape index (κ3) is 3.80. The van der Waals surface area contributed by atoms with Gasteiger partial charge in [0, 0.05) is 61.6 Å².